The van der Waals surface area contributed by atoms with Crippen LogP contribution in [0.25, 0.3) is 0 Å². The summed E-state index contributed by atoms with van der Waals surface area (Å²) in [5.74, 6) is 0.699. The molecule has 3 rings (SSSR count). The summed E-state index contributed by atoms with van der Waals surface area (Å²) in [4.78, 5) is 34.1. The molecule has 0 spiro atoms. The van der Waals surface area contributed by atoms with Gasteiger partial charge >= 0.3 is 6.09 Å². The molecular weight excluding hydrogens is 386 g/mol. The van der Waals surface area contributed by atoms with E-state index in [1.54, 1.807) is 6.07 Å². The second-order valence-corrected chi connectivity index (χ2v) is 7.85. The molecule has 2 N–H and O–H groups in total. The van der Waals surface area contributed by atoms with Gasteiger partial charge in [-0.15, -0.1) is 0 Å². The first kappa shape index (κ1) is 22.3. The van der Waals surface area contributed by atoms with E-state index >= 15 is 0 Å². The topological polar surface area (TPSA) is 98.2 Å². The molecule has 2 aliphatic heterocycles. The Bertz CT molecular complexity index is 716. The summed E-state index contributed by atoms with van der Waals surface area (Å²) in [7, 11) is 0. The lowest BCUT2D eigenvalue weighted by Gasteiger charge is -2.34. The van der Waals surface area contributed by atoms with Crippen molar-refractivity contribution < 1.29 is 19.4 Å². The Morgan fingerprint density at radius 2 is 2.10 bits per heavy atom. The molecule has 1 aromatic heterocycles. The summed E-state index contributed by atoms with van der Waals surface area (Å²) in [5.41, 5.74) is 0.453. The first-order valence-electron chi connectivity index (χ1n) is 10.9. The zero-order valence-electron chi connectivity index (χ0n) is 17.8. The number of morpholine rings is 1. The minimum Gasteiger partial charge on any atom is -0.465 e. The summed E-state index contributed by atoms with van der Waals surface area (Å²) in [5, 5.41) is 12.1. The molecule has 2 amide bonds. The number of nitrogens with one attached hydrogen (secondary N) is 1. The number of ether oxygens (including phenoxy) is 1. The third-order valence-corrected chi connectivity index (χ3v) is 5.57. The summed E-state index contributed by atoms with van der Waals surface area (Å²) >= 11 is 0. The van der Waals surface area contributed by atoms with Crippen LogP contribution in [0, 0.1) is 0 Å². The van der Waals surface area contributed by atoms with Crippen LogP contribution in [0.1, 0.15) is 36.7 Å². The molecule has 1 unspecified atom stereocenters. The number of anilines is 1. The summed E-state index contributed by atoms with van der Waals surface area (Å²) < 4.78 is 5.78. The number of carbonyl (C=O) groups excluding carboxylic acids is 1. The second kappa shape index (κ2) is 11.1. The molecule has 166 valence electrons. The molecule has 0 saturated carbocycles. The van der Waals surface area contributed by atoms with Crippen LogP contribution >= 0.6 is 0 Å². The quantitative estimate of drug-likeness (QED) is 0.646. The fourth-order valence-electron chi connectivity index (χ4n) is 3.87. The van der Waals surface area contributed by atoms with E-state index in [1.807, 2.05) is 12.1 Å². The molecule has 9 heteroatoms. The maximum atomic E-state index is 12.3. The highest BCUT2D eigenvalue weighted by molar-refractivity contribution is 5.92. The largest absolute Gasteiger partial charge is 0.465 e. The van der Waals surface area contributed by atoms with Crippen molar-refractivity contribution in [2.24, 2.45) is 0 Å². The van der Waals surface area contributed by atoms with Crippen LogP contribution in [0.5, 0.6) is 0 Å². The van der Waals surface area contributed by atoms with Gasteiger partial charge < -0.3 is 25.0 Å². The van der Waals surface area contributed by atoms with Gasteiger partial charge in [-0.2, -0.15) is 0 Å². The van der Waals surface area contributed by atoms with Crippen LogP contribution in [-0.2, 0) is 4.74 Å². The third-order valence-electron chi connectivity index (χ3n) is 5.57. The Morgan fingerprint density at radius 3 is 2.90 bits per heavy atom. The molecule has 1 aromatic rings. The number of carboxylic acid groups (broad SMARTS) is 1. The average molecular weight is 420 g/mol. The van der Waals surface area contributed by atoms with Crippen molar-refractivity contribution in [2.75, 3.05) is 63.9 Å². The molecule has 30 heavy (non-hydrogen) atoms. The van der Waals surface area contributed by atoms with Crippen LogP contribution in [0.4, 0.5) is 10.6 Å². The maximum Gasteiger partial charge on any atom is 0.407 e. The van der Waals surface area contributed by atoms with Gasteiger partial charge in [0.05, 0.1) is 19.3 Å². The van der Waals surface area contributed by atoms with Crippen LogP contribution < -0.4 is 10.2 Å². The number of rotatable bonds is 7. The van der Waals surface area contributed by atoms with E-state index in [9.17, 15) is 14.7 Å². The maximum absolute atomic E-state index is 12.3. The second-order valence-electron chi connectivity index (χ2n) is 7.85. The molecule has 2 aliphatic rings. The molecule has 0 bridgehead atoms. The first-order chi connectivity index (χ1) is 14.6. The van der Waals surface area contributed by atoms with Crippen molar-refractivity contribution in [1.29, 1.82) is 0 Å². The number of hydrogen-bond acceptors (Lipinski definition) is 6. The standard InChI is InChI=1S/C21H33N5O4/c1-2-3-8-22-20(27)18-6-4-7-19(23-18)25-10-5-9-24(11-12-25)15-17-16-26(21(28)29)13-14-30-17/h4,6-7,17H,2-3,5,8-16H2,1H3,(H,22,27)(H,28,29). The molecule has 2 saturated heterocycles. The van der Waals surface area contributed by atoms with Gasteiger partial charge in [0.25, 0.3) is 5.91 Å². The minimum atomic E-state index is -0.880. The SMILES string of the molecule is CCCCNC(=O)c1cccc(N2CCCN(CC3CN(C(=O)O)CCO3)CC2)n1. The lowest BCUT2D eigenvalue weighted by atomic mass is 10.2. The zero-order valence-corrected chi connectivity index (χ0v) is 17.8. The van der Waals surface area contributed by atoms with E-state index in [1.165, 1.54) is 4.90 Å². The van der Waals surface area contributed by atoms with Crippen LogP contribution in [0.2, 0.25) is 0 Å². The highest BCUT2D eigenvalue weighted by atomic mass is 16.5. The van der Waals surface area contributed by atoms with Crippen molar-refractivity contribution in [2.45, 2.75) is 32.3 Å². The van der Waals surface area contributed by atoms with Crippen molar-refractivity contribution in [3.8, 4) is 0 Å². The highest BCUT2D eigenvalue weighted by Crippen LogP contribution is 2.16. The predicted molar refractivity (Wildman–Crippen MR) is 114 cm³/mol. The number of amides is 2. The van der Waals surface area contributed by atoms with Gasteiger partial charge in [0.2, 0.25) is 0 Å². The number of hydrogen-bond donors (Lipinski definition) is 2. The molecule has 9 nitrogen and oxygen atoms in total. The zero-order chi connectivity index (χ0) is 21.3. The van der Waals surface area contributed by atoms with E-state index in [0.29, 0.717) is 31.9 Å². The van der Waals surface area contributed by atoms with E-state index in [0.717, 1.165) is 57.8 Å². The van der Waals surface area contributed by atoms with Crippen LogP contribution in [0.3, 0.4) is 0 Å². The van der Waals surface area contributed by atoms with E-state index < -0.39 is 6.09 Å². The fourth-order valence-corrected chi connectivity index (χ4v) is 3.87. The van der Waals surface area contributed by atoms with Crippen LogP contribution in [-0.4, -0.2) is 97.0 Å². The van der Waals surface area contributed by atoms with E-state index in [-0.39, 0.29) is 12.0 Å². The monoisotopic (exact) mass is 419 g/mol. The lowest BCUT2D eigenvalue weighted by Crippen LogP contribution is -2.49. The molecule has 2 fully saturated rings. The number of nitrogens with zero attached hydrogens (tertiary/aromatic N) is 4. The number of aromatic nitrogens is 1. The third kappa shape index (κ3) is 6.30. The van der Waals surface area contributed by atoms with Gasteiger partial charge in [-0.25, -0.2) is 9.78 Å². The van der Waals surface area contributed by atoms with Crippen LogP contribution in [0.15, 0.2) is 18.2 Å². The summed E-state index contributed by atoms with van der Waals surface area (Å²) in [6, 6.07) is 5.59. The van der Waals surface area contributed by atoms with Gasteiger partial charge in [-0.3, -0.25) is 9.69 Å². The Morgan fingerprint density at radius 1 is 1.23 bits per heavy atom. The number of pyridine rings is 1. The summed E-state index contributed by atoms with van der Waals surface area (Å²) in [6.07, 6.45) is 2.01. The van der Waals surface area contributed by atoms with Gasteiger partial charge in [0.1, 0.15) is 11.5 Å². The number of carbonyl (C=O) groups is 2. The van der Waals surface area contributed by atoms with Gasteiger partial charge in [-0.05, 0) is 31.5 Å². The Hall–Kier alpha value is -2.39. The Kier molecular flexibility index (Phi) is 8.27. The smallest absolute Gasteiger partial charge is 0.407 e. The van der Waals surface area contributed by atoms with E-state index in [2.05, 4.69) is 27.0 Å². The van der Waals surface area contributed by atoms with Crippen molar-refractivity contribution in [1.82, 2.24) is 20.1 Å². The predicted octanol–water partition coefficient (Wildman–Crippen LogP) is 1.50. The summed E-state index contributed by atoms with van der Waals surface area (Å²) in [6.45, 7) is 8.26. The van der Waals surface area contributed by atoms with Gasteiger partial charge in [0.15, 0.2) is 0 Å². The van der Waals surface area contributed by atoms with Crippen molar-refractivity contribution in [3.63, 3.8) is 0 Å². The average Bonchev–Trinajstić information content (AvgIpc) is 3.00. The van der Waals surface area contributed by atoms with E-state index in [4.69, 9.17) is 4.74 Å². The van der Waals surface area contributed by atoms with Crippen molar-refractivity contribution in [3.05, 3.63) is 23.9 Å². The Labute approximate surface area is 178 Å². The van der Waals surface area contributed by atoms with Gasteiger partial charge in [-0.1, -0.05) is 19.4 Å². The molecular formula is C21H33N5O4. The Balaban J connectivity index is 1.53. The minimum absolute atomic E-state index is 0.0883. The lowest BCUT2D eigenvalue weighted by molar-refractivity contribution is -0.0360. The molecule has 0 aliphatic carbocycles. The normalized spacial score (nSPS) is 20.6. The van der Waals surface area contributed by atoms with Gasteiger partial charge in [0, 0.05) is 39.3 Å². The molecule has 0 aromatic carbocycles. The van der Waals surface area contributed by atoms with Crippen molar-refractivity contribution >= 4 is 17.8 Å². The molecule has 1 atom stereocenters. The number of unbranched alkanes of at least 4 members (excludes halogenated alkanes) is 1. The fraction of sp³-hybridized carbons (Fsp3) is 0.667. The molecule has 3 heterocycles. The molecule has 0 radical (unpaired) electrons. The highest BCUT2D eigenvalue weighted by Gasteiger charge is 2.26. The first-order valence-corrected chi connectivity index (χ1v) is 10.9.